The molecule has 4 amide bonds. The Labute approximate surface area is 333 Å². The molecule has 0 bridgehead atoms. The fourth-order valence-corrected chi connectivity index (χ4v) is 8.93. The number of amides is 4. The number of carbonyl (C=O) groups is 4. The van der Waals surface area contributed by atoms with Gasteiger partial charge < -0.3 is 25.3 Å². The van der Waals surface area contributed by atoms with Gasteiger partial charge in [0.05, 0.1) is 11.1 Å². The third kappa shape index (κ3) is 7.89. The van der Waals surface area contributed by atoms with Crippen LogP contribution in [-0.4, -0.2) is 83.5 Å². The van der Waals surface area contributed by atoms with Gasteiger partial charge in [-0.15, -0.1) is 0 Å². The van der Waals surface area contributed by atoms with E-state index in [0.29, 0.717) is 23.1 Å². The molecule has 294 valence electrons. The van der Waals surface area contributed by atoms with Crippen LogP contribution in [0.3, 0.4) is 0 Å². The summed E-state index contributed by atoms with van der Waals surface area (Å²) in [6.45, 7) is 6.71. The minimum absolute atomic E-state index is 0.0943. The molecule has 0 saturated carbocycles. The SMILES string of the molecule is CCC(=C(c1ccc(O)cc1)c1ccc(N2CCC(CNC3CCCN(c4ccc5c(c4)C(=O)N(C4CCC(=O)NC4=O)C5=O)C3)CC2)cc1)c1ccc(O)cc1. The van der Waals surface area contributed by atoms with E-state index in [0.717, 1.165) is 97.7 Å². The molecule has 8 rings (SSSR count). The number of carbonyl (C=O) groups excluding carboxylic acids is 4. The molecule has 4 heterocycles. The van der Waals surface area contributed by atoms with E-state index < -0.39 is 23.8 Å². The van der Waals surface area contributed by atoms with Crippen LogP contribution in [0.5, 0.6) is 11.5 Å². The fraction of sp³-hybridized carbons (Fsp3) is 0.348. The largest absolute Gasteiger partial charge is 0.508 e. The minimum atomic E-state index is -0.972. The number of hydrogen-bond acceptors (Lipinski definition) is 9. The maximum Gasteiger partial charge on any atom is 0.262 e. The number of piperidine rings is 3. The maximum atomic E-state index is 13.4. The lowest BCUT2D eigenvalue weighted by molar-refractivity contribution is -0.136. The topological polar surface area (TPSA) is 143 Å². The molecule has 57 heavy (non-hydrogen) atoms. The van der Waals surface area contributed by atoms with Gasteiger partial charge in [0.15, 0.2) is 0 Å². The van der Waals surface area contributed by atoms with Crippen LogP contribution in [-0.2, 0) is 9.59 Å². The van der Waals surface area contributed by atoms with E-state index in [-0.39, 0.29) is 30.2 Å². The van der Waals surface area contributed by atoms with E-state index in [9.17, 15) is 29.4 Å². The molecule has 4 aromatic rings. The number of aromatic hydroxyl groups is 2. The van der Waals surface area contributed by atoms with Gasteiger partial charge >= 0.3 is 0 Å². The summed E-state index contributed by atoms with van der Waals surface area (Å²) in [5.41, 5.74) is 8.16. The lowest BCUT2D eigenvalue weighted by Crippen LogP contribution is -2.54. The summed E-state index contributed by atoms with van der Waals surface area (Å²) in [6, 6.07) is 28.2. The normalized spacial score (nSPS) is 20.8. The molecule has 3 saturated heterocycles. The lowest BCUT2D eigenvalue weighted by Gasteiger charge is -2.37. The van der Waals surface area contributed by atoms with Crippen molar-refractivity contribution in [2.75, 3.05) is 42.5 Å². The van der Waals surface area contributed by atoms with E-state index in [1.54, 1.807) is 36.4 Å². The van der Waals surface area contributed by atoms with Crippen LogP contribution in [0.2, 0.25) is 0 Å². The summed E-state index contributed by atoms with van der Waals surface area (Å²) in [7, 11) is 0. The van der Waals surface area contributed by atoms with Crippen LogP contribution < -0.4 is 20.4 Å². The van der Waals surface area contributed by atoms with Crippen molar-refractivity contribution >= 4 is 46.1 Å². The van der Waals surface area contributed by atoms with Crippen molar-refractivity contribution < 1.29 is 29.4 Å². The zero-order chi connectivity index (χ0) is 39.6. The smallest absolute Gasteiger partial charge is 0.262 e. The first-order valence-corrected chi connectivity index (χ1v) is 20.2. The number of benzene rings is 4. The van der Waals surface area contributed by atoms with Gasteiger partial charge in [-0.2, -0.15) is 0 Å². The highest BCUT2D eigenvalue weighted by atomic mass is 16.3. The Morgan fingerprint density at radius 1 is 0.702 bits per heavy atom. The predicted octanol–water partition coefficient (Wildman–Crippen LogP) is 6.34. The first-order chi connectivity index (χ1) is 27.7. The number of nitrogens with zero attached hydrogens (tertiary/aromatic N) is 3. The highest BCUT2D eigenvalue weighted by molar-refractivity contribution is 6.23. The predicted molar refractivity (Wildman–Crippen MR) is 220 cm³/mol. The molecule has 11 heteroatoms. The van der Waals surface area contributed by atoms with Crippen molar-refractivity contribution in [2.24, 2.45) is 5.92 Å². The Kier molecular flexibility index (Phi) is 10.8. The second kappa shape index (κ2) is 16.3. The Bertz CT molecular complexity index is 2190. The highest BCUT2D eigenvalue weighted by Gasteiger charge is 2.45. The van der Waals surface area contributed by atoms with Crippen molar-refractivity contribution in [1.82, 2.24) is 15.5 Å². The quantitative estimate of drug-likeness (QED) is 0.107. The maximum absolute atomic E-state index is 13.4. The molecule has 4 aliphatic heterocycles. The third-order valence-corrected chi connectivity index (χ3v) is 12.1. The third-order valence-electron chi connectivity index (χ3n) is 12.1. The molecule has 4 aliphatic rings. The number of fused-ring (bicyclic) bond motifs is 1. The molecule has 11 nitrogen and oxygen atoms in total. The van der Waals surface area contributed by atoms with Crippen molar-refractivity contribution in [3.8, 4) is 11.5 Å². The number of anilines is 2. The number of hydrogen-bond donors (Lipinski definition) is 4. The summed E-state index contributed by atoms with van der Waals surface area (Å²) in [5, 5.41) is 26.0. The first kappa shape index (κ1) is 38.0. The van der Waals surface area contributed by atoms with Crippen LogP contribution in [0.15, 0.2) is 91.0 Å². The molecule has 2 unspecified atom stereocenters. The summed E-state index contributed by atoms with van der Waals surface area (Å²) >= 11 is 0. The Hall–Kier alpha value is -5.94. The molecule has 3 fully saturated rings. The highest BCUT2D eigenvalue weighted by Crippen LogP contribution is 2.37. The molecule has 0 aromatic heterocycles. The van der Waals surface area contributed by atoms with Gasteiger partial charge in [0.1, 0.15) is 17.5 Å². The summed E-state index contributed by atoms with van der Waals surface area (Å²) in [4.78, 5) is 56.5. The van der Waals surface area contributed by atoms with Crippen LogP contribution in [0, 0.1) is 5.92 Å². The van der Waals surface area contributed by atoms with Crippen LogP contribution >= 0.6 is 0 Å². The fourth-order valence-electron chi connectivity index (χ4n) is 8.93. The summed E-state index contributed by atoms with van der Waals surface area (Å²) < 4.78 is 0. The van der Waals surface area contributed by atoms with Crippen LogP contribution in [0.4, 0.5) is 11.4 Å². The van der Waals surface area contributed by atoms with E-state index in [1.807, 2.05) is 30.3 Å². The van der Waals surface area contributed by atoms with Crippen LogP contribution in [0.25, 0.3) is 11.1 Å². The van der Waals surface area contributed by atoms with Gasteiger partial charge in [-0.3, -0.25) is 29.4 Å². The molecule has 0 radical (unpaired) electrons. The zero-order valence-corrected chi connectivity index (χ0v) is 32.2. The van der Waals surface area contributed by atoms with Gasteiger partial charge in [0.2, 0.25) is 11.8 Å². The number of nitrogens with one attached hydrogen (secondary N) is 2. The number of rotatable bonds is 10. The molecule has 0 spiro atoms. The molecule has 0 aliphatic carbocycles. The van der Waals surface area contributed by atoms with Gasteiger partial charge in [-0.25, -0.2) is 0 Å². The minimum Gasteiger partial charge on any atom is -0.508 e. The van der Waals surface area contributed by atoms with Gasteiger partial charge in [0.25, 0.3) is 11.8 Å². The second-order valence-corrected chi connectivity index (χ2v) is 15.6. The van der Waals surface area contributed by atoms with E-state index in [2.05, 4.69) is 51.6 Å². The van der Waals surface area contributed by atoms with Crippen molar-refractivity contribution in [3.63, 3.8) is 0 Å². The Morgan fingerprint density at radius 3 is 1.96 bits per heavy atom. The van der Waals surface area contributed by atoms with Gasteiger partial charge in [-0.05, 0) is 133 Å². The van der Waals surface area contributed by atoms with Gasteiger partial charge in [0, 0.05) is 50.0 Å². The number of phenols is 2. The molecular weight excluding hydrogens is 719 g/mol. The van der Waals surface area contributed by atoms with E-state index >= 15 is 0 Å². The Balaban J connectivity index is 0.870. The first-order valence-electron chi connectivity index (χ1n) is 20.2. The van der Waals surface area contributed by atoms with E-state index in [1.165, 1.54) is 11.3 Å². The average Bonchev–Trinajstić information content (AvgIpc) is 3.48. The van der Waals surface area contributed by atoms with Crippen molar-refractivity contribution in [1.29, 1.82) is 0 Å². The van der Waals surface area contributed by atoms with E-state index in [4.69, 9.17) is 0 Å². The standard InChI is InChI=1S/C46H49N5O6/c1-2-38(30-7-14-36(52)15-8-30)43(32-9-16-37(53)17-10-32)31-5-11-34(12-6-31)49-24-21-29(22-25-49)27-47-33-4-3-23-50(28-33)35-13-18-39-40(26-35)46(57)51(45(39)56)41-19-20-42(54)48-44(41)55/h5-18,26,29,33,41,47,52-53H,2-4,19-25,27-28H2,1H3,(H,48,54,55). The second-order valence-electron chi connectivity index (χ2n) is 15.6. The molecule has 2 atom stereocenters. The van der Waals surface area contributed by atoms with Gasteiger partial charge in [-0.1, -0.05) is 43.3 Å². The molecule has 4 aromatic carbocycles. The number of imide groups is 2. The summed E-state index contributed by atoms with van der Waals surface area (Å²) in [5.74, 6) is -0.922. The monoisotopic (exact) mass is 767 g/mol. The van der Waals surface area contributed by atoms with Crippen molar-refractivity contribution in [2.45, 2.75) is 64.0 Å². The van der Waals surface area contributed by atoms with Crippen molar-refractivity contribution in [3.05, 3.63) is 119 Å². The lowest BCUT2D eigenvalue weighted by atomic mass is 9.88. The Morgan fingerprint density at radius 2 is 1.32 bits per heavy atom. The zero-order valence-electron chi connectivity index (χ0n) is 32.2. The molecular formula is C46H49N5O6. The molecule has 4 N–H and O–H groups in total. The summed E-state index contributed by atoms with van der Waals surface area (Å²) in [6.07, 6.45) is 5.30. The average molecular weight is 768 g/mol. The number of allylic oxidation sites excluding steroid dienone is 1. The van der Waals surface area contributed by atoms with Crippen LogP contribution in [0.1, 0.15) is 89.3 Å². The number of phenolic OH excluding ortho intramolecular Hbond substituents is 2.